The zero-order valence-electron chi connectivity index (χ0n) is 22.5. The molecule has 0 radical (unpaired) electrons. The average Bonchev–Trinajstić information content (AvgIpc) is 2.89. The van der Waals surface area contributed by atoms with Gasteiger partial charge in [0.05, 0.1) is 25.5 Å². The second-order valence-corrected chi connectivity index (χ2v) is 9.27. The zero-order valence-corrected chi connectivity index (χ0v) is 22.5. The Kier molecular flexibility index (Phi) is 14.6. The summed E-state index contributed by atoms with van der Waals surface area (Å²) in [5.41, 5.74) is 1.78. The number of rotatable bonds is 19. The number of phenolic OH excluding ortho intramolecular Hbond substituents is 1. The van der Waals surface area contributed by atoms with Crippen molar-refractivity contribution in [2.45, 2.75) is 78.1 Å². The first-order valence-corrected chi connectivity index (χ1v) is 13.5. The first-order chi connectivity index (χ1) is 18.0. The SMILES string of the molecule is C=C(C)C(=O)OCCCCOc1ccc(C=Nc2ccc(OCCCCCCCCCC)cc2)c(O)c1. The van der Waals surface area contributed by atoms with Gasteiger partial charge in [-0.2, -0.15) is 0 Å². The van der Waals surface area contributed by atoms with Gasteiger partial charge in [-0.3, -0.25) is 4.99 Å². The number of hydrogen-bond acceptors (Lipinski definition) is 6. The lowest BCUT2D eigenvalue weighted by Crippen LogP contribution is -2.07. The highest BCUT2D eigenvalue weighted by Crippen LogP contribution is 2.24. The van der Waals surface area contributed by atoms with Gasteiger partial charge < -0.3 is 19.3 Å². The molecule has 0 heterocycles. The van der Waals surface area contributed by atoms with Crippen molar-refractivity contribution >= 4 is 17.9 Å². The standard InChI is InChI=1S/C31H43NO5/c1-4-5-6-7-8-9-10-11-20-35-28-18-15-27(16-19-28)32-24-26-14-17-29(23-30(26)33)36-21-12-13-22-37-31(34)25(2)3/h14-19,23-24,33H,2,4-13,20-22H2,1,3H3. The number of carbonyl (C=O) groups excluding carboxylic acids is 1. The smallest absolute Gasteiger partial charge is 0.333 e. The number of nitrogens with zero attached hydrogens (tertiary/aromatic N) is 1. The Balaban J connectivity index is 1.66. The van der Waals surface area contributed by atoms with Crippen molar-refractivity contribution in [1.29, 1.82) is 0 Å². The summed E-state index contributed by atoms with van der Waals surface area (Å²) in [6.07, 6.45) is 13.3. The van der Waals surface area contributed by atoms with Crippen molar-refractivity contribution in [3.05, 3.63) is 60.2 Å². The van der Waals surface area contributed by atoms with Crippen LogP contribution in [0.5, 0.6) is 17.2 Å². The molecular weight excluding hydrogens is 466 g/mol. The maximum Gasteiger partial charge on any atom is 0.333 e. The van der Waals surface area contributed by atoms with Gasteiger partial charge in [0, 0.05) is 23.4 Å². The fraction of sp³-hybridized carbons (Fsp3) is 0.484. The number of hydrogen-bond donors (Lipinski definition) is 1. The minimum absolute atomic E-state index is 0.0990. The molecule has 0 amide bonds. The molecular formula is C31H43NO5. The van der Waals surface area contributed by atoms with E-state index in [1.165, 1.54) is 44.9 Å². The number of phenols is 1. The van der Waals surface area contributed by atoms with Gasteiger partial charge in [-0.15, -0.1) is 0 Å². The molecule has 6 heteroatoms. The van der Waals surface area contributed by atoms with Crippen molar-refractivity contribution in [3.63, 3.8) is 0 Å². The molecule has 2 rings (SSSR count). The Hall–Kier alpha value is -3.28. The van der Waals surface area contributed by atoms with Crippen LogP contribution in [0, 0.1) is 0 Å². The minimum Gasteiger partial charge on any atom is -0.507 e. The second kappa shape index (κ2) is 18.0. The molecule has 0 saturated carbocycles. The number of carbonyl (C=O) groups is 1. The molecule has 6 nitrogen and oxygen atoms in total. The van der Waals surface area contributed by atoms with Crippen LogP contribution in [-0.4, -0.2) is 37.1 Å². The van der Waals surface area contributed by atoms with Gasteiger partial charge in [0.25, 0.3) is 0 Å². The summed E-state index contributed by atoms with van der Waals surface area (Å²) in [5.74, 6) is 1.15. The van der Waals surface area contributed by atoms with E-state index in [1.807, 2.05) is 24.3 Å². The van der Waals surface area contributed by atoms with E-state index in [1.54, 1.807) is 31.3 Å². The van der Waals surface area contributed by atoms with Gasteiger partial charge in [-0.05, 0) is 62.6 Å². The van der Waals surface area contributed by atoms with E-state index in [0.29, 0.717) is 36.5 Å². The third-order valence-electron chi connectivity index (χ3n) is 5.85. The molecule has 0 saturated heterocycles. The van der Waals surface area contributed by atoms with E-state index in [-0.39, 0.29) is 11.7 Å². The molecule has 2 aromatic carbocycles. The third kappa shape index (κ3) is 13.0. The lowest BCUT2D eigenvalue weighted by molar-refractivity contribution is -0.139. The number of ether oxygens (including phenoxy) is 3. The van der Waals surface area contributed by atoms with E-state index >= 15 is 0 Å². The maximum absolute atomic E-state index is 11.3. The van der Waals surface area contributed by atoms with Crippen LogP contribution in [0.15, 0.2) is 59.6 Å². The summed E-state index contributed by atoms with van der Waals surface area (Å²) in [5, 5.41) is 10.3. The average molecular weight is 510 g/mol. The highest BCUT2D eigenvalue weighted by molar-refractivity contribution is 5.87. The monoisotopic (exact) mass is 509 g/mol. The van der Waals surface area contributed by atoms with Gasteiger partial charge in [-0.25, -0.2) is 4.79 Å². The molecule has 0 aromatic heterocycles. The fourth-order valence-electron chi connectivity index (χ4n) is 3.60. The summed E-state index contributed by atoms with van der Waals surface area (Å²) < 4.78 is 16.6. The van der Waals surface area contributed by atoms with Crippen LogP contribution in [0.4, 0.5) is 5.69 Å². The lowest BCUT2D eigenvalue weighted by Gasteiger charge is -2.08. The first-order valence-electron chi connectivity index (χ1n) is 13.5. The van der Waals surface area contributed by atoms with Crippen LogP contribution in [0.2, 0.25) is 0 Å². The Morgan fingerprint density at radius 2 is 1.41 bits per heavy atom. The summed E-state index contributed by atoms with van der Waals surface area (Å²) >= 11 is 0. The topological polar surface area (TPSA) is 77.4 Å². The van der Waals surface area contributed by atoms with E-state index in [2.05, 4.69) is 18.5 Å². The van der Waals surface area contributed by atoms with E-state index in [4.69, 9.17) is 14.2 Å². The minimum atomic E-state index is -0.374. The first kappa shape index (κ1) is 29.9. The second-order valence-electron chi connectivity index (χ2n) is 9.27. The van der Waals surface area contributed by atoms with Crippen molar-refractivity contribution in [3.8, 4) is 17.2 Å². The van der Waals surface area contributed by atoms with Crippen molar-refractivity contribution in [2.75, 3.05) is 19.8 Å². The molecule has 37 heavy (non-hydrogen) atoms. The molecule has 2 aromatic rings. The molecule has 0 aliphatic carbocycles. The number of aromatic hydroxyl groups is 1. The zero-order chi connectivity index (χ0) is 26.7. The van der Waals surface area contributed by atoms with E-state index < -0.39 is 0 Å². The summed E-state index contributed by atoms with van der Waals surface area (Å²) in [4.78, 5) is 15.8. The Morgan fingerprint density at radius 3 is 2.05 bits per heavy atom. The van der Waals surface area contributed by atoms with E-state index in [0.717, 1.165) is 30.9 Å². The summed E-state index contributed by atoms with van der Waals surface area (Å²) in [6.45, 7) is 8.95. The molecule has 202 valence electrons. The Bertz CT molecular complexity index is 968. The van der Waals surface area contributed by atoms with Crippen molar-refractivity contribution < 1.29 is 24.1 Å². The molecule has 0 spiro atoms. The van der Waals surface area contributed by atoms with Crippen molar-refractivity contribution in [2.24, 2.45) is 4.99 Å². The van der Waals surface area contributed by atoms with Crippen LogP contribution in [-0.2, 0) is 9.53 Å². The molecule has 0 bridgehead atoms. The molecule has 1 N–H and O–H groups in total. The molecule has 0 aliphatic heterocycles. The van der Waals surface area contributed by atoms with Crippen molar-refractivity contribution in [1.82, 2.24) is 0 Å². The number of esters is 1. The maximum atomic E-state index is 11.3. The highest BCUT2D eigenvalue weighted by atomic mass is 16.5. The molecule has 0 aliphatic rings. The third-order valence-corrected chi connectivity index (χ3v) is 5.85. The van der Waals surface area contributed by atoms with Crippen LogP contribution >= 0.6 is 0 Å². The number of unbranched alkanes of at least 4 members (excludes halogenated alkanes) is 8. The van der Waals surface area contributed by atoms with E-state index in [9.17, 15) is 9.90 Å². The predicted octanol–water partition coefficient (Wildman–Crippen LogP) is 7.94. The molecule has 0 unspecified atom stereocenters. The highest BCUT2D eigenvalue weighted by Gasteiger charge is 2.04. The number of aliphatic imine (C=N–C) groups is 1. The Morgan fingerprint density at radius 1 is 0.838 bits per heavy atom. The van der Waals surface area contributed by atoms with Crippen LogP contribution in [0.3, 0.4) is 0 Å². The molecule has 0 fully saturated rings. The predicted molar refractivity (Wildman–Crippen MR) is 150 cm³/mol. The van der Waals surface area contributed by atoms with Gasteiger partial charge in [-0.1, -0.05) is 58.4 Å². The van der Waals surface area contributed by atoms with Gasteiger partial charge >= 0.3 is 5.97 Å². The largest absolute Gasteiger partial charge is 0.507 e. The van der Waals surface area contributed by atoms with Gasteiger partial charge in [0.15, 0.2) is 0 Å². The summed E-state index contributed by atoms with van der Waals surface area (Å²) in [6, 6.07) is 12.8. The van der Waals surface area contributed by atoms with Crippen LogP contribution in [0.1, 0.15) is 83.6 Å². The van der Waals surface area contributed by atoms with Crippen LogP contribution in [0.25, 0.3) is 0 Å². The van der Waals surface area contributed by atoms with Gasteiger partial charge in [0.1, 0.15) is 17.2 Å². The normalized spacial score (nSPS) is 11.0. The number of benzene rings is 2. The summed E-state index contributed by atoms with van der Waals surface area (Å²) in [7, 11) is 0. The Labute approximate surface area is 222 Å². The fourth-order valence-corrected chi connectivity index (χ4v) is 3.60. The van der Waals surface area contributed by atoms with Gasteiger partial charge in [0.2, 0.25) is 0 Å². The van der Waals surface area contributed by atoms with Crippen LogP contribution < -0.4 is 9.47 Å². The quantitative estimate of drug-likeness (QED) is 0.0900. The lowest BCUT2D eigenvalue weighted by atomic mass is 10.1. The molecule has 0 atom stereocenters.